The molecule has 0 fully saturated rings. The van der Waals surface area contributed by atoms with Crippen molar-refractivity contribution in [2.24, 2.45) is 4.99 Å². The Labute approximate surface area is 54.8 Å². The summed E-state index contributed by atoms with van der Waals surface area (Å²) in [6.45, 7) is 1.00. The van der Waals surface area contributed by atoms with E-state index in [2.05, 4.69) is 17.1 Å². The van der Waals surface area contributed by atoms with Crippen LogP contribution in [0.1, 0.15) is 12.8 Å². The highest BCUT2D eigenvalue weighted by Gasteiger charge is 2.08. The summed E-state index contributed by atoms with van der Waals surface area (Å²) in [5.74, 6) is 0. The molecule has 1 aliphatic heterocycles. The van der Waals surface area contributed by atoms with E-state index >= 15 is 0 Å². The summed E-state index contributed by atoms with van der Waals surface area (Å²) in [5, 5.41) is 0. The van der Waals surface area contributed by atoms with Crippen LogP contribution in [0.15, 0.2) is 28.3 Å². The number of rotatable bonds is 0. The van der Waals surface area contributed by atoms with Crippen LogP contribution in [0.25, 0.3) is 0 Å². The molecule has 1 nitrogen and oxygen atoms in total. The molecule has 1 heteroatoms. The molecule has 0 bridgehead atoms. The molecule has 0 aromatic rings. The van der Waals surface area contributed by atoms with E-state index in [0.717, 1.165) is 6.54 Å². The zero-order valence-electron chi connectivity index (χ0n) is 5.30. The molecule has 0 saturated heterocycles. The van der Waals surface area contributed by atoms with Crippen molar-refractivity contribution in [3.63, 3.8) is 0 Å². The number of nitrogens with zero attached hydrogens (tertiary/aromatic N) is 1. The molecule has 46 valence electrons. The summed E-state index contributed by atoms with van der Waals surface area (Å²) in [5.41, 5.74) is 2.94. The van der Waals surface area contributed by atoms with Gasteiger partial charge in [-0.15, -0.1) is 0 Å². The second-order valence-electron chi connectivity index (χ2n) is 2.45. The maximum absolute atomic E-state index is 4.19. The van der Waals surface area contributed by atoms with E-state index in [1.807, 2.05) is 6.21 Å². The van der Waals surface area contributed by atoms with Crippen LogP contribution in [0.2, 0.25) is 0 Å². The van der Waals surface area contributed by atoms with Crippen LogP contribution >= 0.6 is 0 Å². The van der Waals surface area contributed by atoms with Crippen LogP contribution in [0.4, 0.5) is 0 Å². The molecule has 0 radical (unpaired) electrons. The van der Waals surface area contributed by atoms with Gasteiger partial charge in [-0.25, -0.2) is 0 Å². The smallest absolute Gasteiger partial charge is 0.0427 e. The lowest BCUT2D eigenvalue weighted by molar-refractivity contribution is 0.914. The van der Waals surface area contributed by atoms with Crippen LogP contribution in [0, 0.1) is 0 Å². The number of aliphatic imine (C=N–C) groups is 1. The minimum atomic E-state index is 1.00. The molecular weight excluding hydrogens is 110 g/mol. The number of hydrogen-bond acceptors (Lipinski definition) is 1. The van der Waals surface area contributed by atoms with Crippen molar-refractivity contribution in [2.75, 3.05) is 6.54 Å². The van der Waals surface area contributed by atoms with Gasteiger partial charge in [-0.3, -0.25) is 4.99 Å². The van der Waals surface area contributed by atoms with Gasteiger partial charge in [0.25, 0.3) is 0 Å². The first-order chi connectivity index (χ1) is 4.47. The summed E-state index contributed by atoms with van der Waals surface area (Å²) in [6.07, 6.45) is 8.71. The highest BCUT2D eigenvalue weighted by atomic mass is 14.7. The lowest BCUT2D eigenvalue weighted by atomic mass is 10.1. The molecule has 2 aliphatic rings. The van der Waals surface area contributed by atoms with Crippen molar-refractivity contribution in [2.45, 2.75) is 12.8 Å². The third kappa shape index (κ3) is 0.727. The topological polar surface area (TPSA) is 12.4 Å². The van der Waals surface area contributed by atoms with Gasteiger partial charge in [0, 0.05) is 12.8 Å². The van der Waals surface area contributed by atoms with Gasteiger partial charge in [0.2, 0.25) is 0 Å². The van der Waals surface area contributed by atoms with Gasteiger partial charge in [-0.05, 0) is 18.4 Å². The lowest BCUT2D eigenvalue weighted by Gasteiger charge is -2.05. The maximum Gasteiger partial charge on any atom is 0.0427 e. The van der Waals surface area contributed by atoms with Gasteiger partial charge < -0.3 is 0 Å². The molecule has 0 saturated carbocycles. The van der Waals surface area contributed by atoms with Crippen LogP contribution in [-0.2, 0) is 0 Å². The SMILES string of the molecule is C1=CC2=C(C1)CCN=C2. The lowest BCUT2D eigenvalue weighted by Crippen LogP contribution is -1.96. The fourth-order valence-corrected chi connectivity index (χ4v) is 1.31. The molecule has 2 rings (SSSR count). The van der Waals surface area contributed by atoms with E-state index in [1.165, 1.54) is 18.4 Å². The molecule has 1 heterocycles. The Balaban J connectivity index is 2.35. The second-order valence-corrected chi connectivity index (χ2v) is 2.45. The van der Waals surface area contributed by atoms with Crippen molar-refractivity contribution in [1.82, 2.24) is 0 Å². The van der Waals surface area contributed by atoms with Gasteiger partial charge in [-0.1, -0.05) is 17.7 Å². The van der Waals surface area contributed by atoms with Crippen molar-refractivity contribution in [3.05, 3.63) is 23.3 Å². The highest BCUT2D eigenvalue weighted by Crippen LogP contribution is 2.22. The summed E-state index contributed by atoms with van der Waals surface area (Å²) >= 11 is 0. The van der Waals surface area contributed by atoms with Crippen LogP contribution in [0.3, 0.4) is 0 Å². The fraction of sp³-hybridized carbons (Fsp3) is 0.375. The summed E-state index contributed by atoms with van der Waals surface area (Å²) in [7, 11) is 0. The Bertz CT molecular complexity index is 209. The highest BCUT2D eigenvalue weighted by molar-refractivity contribution is 5.85. The van der Waals surface area contributed by atoms with Crippen LogP contribution < -0.4 is 0 Å². The Morgan fingerprint density at radius 3 is 3.33 bits per heavy atom. The number of allylic oxidation sites excluding steroid dienone is 3. The monoisotopic (exact) mass is 119 g/mol. The van der Waals surface area contributed by atoms with Gasteiger partial charge in [0.05, 0.1) is 0 Å². The number of dihydropyridines is 1. The standard InChI is InChI=1S/C8H9N/c1-2-7-4-5-9-6-8(7)3-1/h1,3,6H,2,4-5H2. The molecule has 0 aromatic carbocycles. The first-order valence-electron chi connectivity index (χ1n) is 3.35. The molecule has 0 aromatic heterocycles. The predicted octanol–water partition coefficient (Wildman–Crippen LogP) is 1.72. The Morgan fingerprint density at radius 1 is 1.44 bits per heavy atom. The van der Waals surface area contributed by atoms with E-state index in [1.54, 1.807) is 5.57 Å². The molecule has 0 spiro atoms. The first-order valence-corrected chi connectivity index (χ1v) is 3.35. The quantitative estimate of drug-likeness (QED) is 0.460. The maximum atomic E-state index is 4.19. The second kappa shape index (κ2) is 1.83. The normalized spacial score (nSPS) is 23.1. The van der Waals surface area contributed by atoms with Gasteiger partial charge in [0.1, 0.15) is 0 Å². The van der Waals surface area contributed by atoms with E-state index in [4.69, 9.17) is 0 Å². The van der Waals surface area contributed by atoms with Crippen molar-refractivity contribution < 1.29 is 0 Å². The molecule has 9 heavy (non-hydrogen) atoms. The van der Waals surface area contributed by atoms with E-state index < -0.39 is 0 Å². The summed E-state index contributed by atoms with van der Waals surface area (Å²) in [6, 6.07) is 0. The third-order valence-corrected chi connectivity index (χ3v) is 1.84. The number of hydrogen-bond donors (Lipinski definition) is 0. The molecule has 0 unspecified atom stereocenters. The fourth-order valence-electron chi connectivity index (χ4n) is 1.31. The Morgan fingerprint density at radius 2 is 2.44 bits per heavy atom. The molecule has 1 aliphatic carbocycles. The van der Waals surface area contributed by atoms with Crippen LogP contribution in [-0.4, -0.2) is 12.8 Å². The summed E-state index contributed by atoms with van der Waals surface area (Å²) in [4.78, 5) is 4.19. The Kier molecular flexibility index (Phi) is 1.01. The average molecular weight is 119 g/mol. The van der Waals surface area contributed by atoms with Crippen LogP contribution in [0.5, 0.6) is 0 Å². The molecular formula is C8H9N. The molecule has 0 N–H and O–H groups in total. The van der Waals surface area contributed by atoms with E-state index in [9.17, 15) is 0 Å². The average Bonchev–Trinajstić information content (AvgIpc) is 2.33. The van der Waals surface area contributed by atoms with Crippen molar-refractivity contribution in [3.8, 4) is 0 Å². The largest absolute Gasteiger partial charge is 0.292 e. The van der Waals surface area contributed by atoms with Crippen molar-refractivity contribution >= 4 is 6.21 Å². The van der Waals surface area contributed by atoms with Crippen molar-refractivity contribution in [1.29, 1.82) is 0 Å². The van der Waals surface area contributed by atoms with E-state index in [0.29, 0.717) is 0 Å². The predicted molar refractivity (Wildman–Crippen MR) is 38.8 cm³/mol. The molecule has 0 amide bonds. The Hall–Kier alpha value is -0.850. The zero-order valence-corrected chi connectivity index (χ0v) is 5.30. The van der Waals surface area contributed by atoms with Gasteiger partial charge in [0.15, 0.2) is 0 Å². The molecule has 0 atom stereocenters. The third-order valence-electron chi connectivity index (χ3n) is 1.84. The first kappa shape index (κ1) is 4.98. The zero-order chi connectivity index (χ0) is 6.10. The minimum absolute atomic E-state index is 1.00. The van der Waals surface area contributed by atoms with E-state index in [-0.39, 0.29) is 0 Å². The van der Waals surface area contributed by atoms with Gasteiger partial charge in [-0.2, -0.15) is 0 Å². The minimum Gasteiger partial charge on any atom is -0.292 e. The summed E-state index contributed by atoms with van der Waals surface area (Å²) < 4.78 is 0. The van der Waals surface area contributed by atoms with Gasteiger partial charge >= 0.3 is 0 Å².